The lowest BCUT2D eigenvalue weighted by molar-refractivity contribution is -0.295. The number of carbonyl (C=O) groups is 4. The highest BCUT2D eigenvalue weighted by molar-refractivity contribution is 6.00. The van der Waals surface area contributed by atoms with E-state index < -0.39 is 83.4 Å². The van der Waals surface area contributed by atoms with Crippen LogP contribution in [0.15, 0.2) is 37.1 Å². The van der Waals surface area contributed by atoms with Crippen LogP contribution in [0, 0.1) is 23.7 Å². The molecule has 0 spiro atoms. The van der Waals surface area contributed by atoms with Crippen molar-refractivity contribution in [3.8, 4) is 11.3 Å². The van der Waals surface area contributed by atoms with Crippen molar-refractivity contribution in [1.82, 2.24) is 24.3 Å². The first-order valence-corrected chi connectivity index (χ1v) is 21.3. The zero-order valence-electron chi connectivity index (χ0n) is 36.8. The van der Waals surface area contributed by atoms with E-state index >= 15 is 0 Å². The Morgan fingerprint density at radius 1 is 0.983 bits per heavy atom. The number of pyridine rings is 1. The molecular formula is C44H67N5O10. The number of aliphatic hydroxyl groups is 1. The number of unbranched alkanes of at least 4 members (excludes halogenated alkanes) is 1. The highest BCUT2D eigenvalue weighted by atomic mass is 16.7. The lowest BCUT2D eigenvalue weighted by atomic mass is 9.72. The highest BCUT2D eigenvalue weighted by Gasteiger charge is 2.62. The topological polar surface area (TPSA) is 172 Å². The molecule has 1 amide bonds. The molecule has 13 atom stereocenters. The summed E-state index contributed by atoms with van der Waals surface area (Å²) < 4.78 is 33.5. The van der Waals surface area contributed by atoms with Gasteiger partial charge in [-0.2, -0.15) is 0 Å². The van der Waals surface area contributed by atoms with Gasteiger partial charge in [0.2, 0.25) is 0 Å². The van der Waals surface area contributed by atoms with Crippen LogP contribution in [0.25, 0.3) is 11.3 Å². The minimum atomic E-state index is -1.36. The van der Waals surface area contributed by atoms with Crippen molar-refractivity contribution in [1.29, 1.82) is 0 Å². The van der Waals surface area contributed by atoms with E-state index in [-0.39, 0.29) is 37.2 Å². The van der Waals surface area contributed by atoms with Gasteiger partial charge in [0.15, 0.2) is 17.7 Å². The van der Waals surface area contributed by atoms with Gasteiger partial charge < -0.3 is 43.2 Å². The van der Waals surface area contributed by atoms with E-state index in [1.54, 1.807) is 37.5 Å². The van der Waals surface area contributed by atoms with Crippen LogP contribution in [0.2, 0.25) is 0 Å². The third-order valence-corrected chi connectivity index (χ3v) is 13.2. The minimum Gasteiger partial charge on any atom is -0.457 e. The summed E-state index contributed by atoms with van der Waals surface area (Å²) >= 11 is 0. The Morgan fingerprint density at radius 3 is 2.29 bits per heavy atom. The van der Waals surface area contributed by atoms with Gasteiger partial charge in [0.05, 0.1) is 35.9 Å². The summed E-state index contributed by atoms with van der Waals surface area (Å²) in [5, 5.41) is 11.5. The Labute approximate surface area is 349 Å². The summed E-state index contributed by atoms with van der Waals surface area (Å²) in [7, 11) is 5.25. The number of carbonyl (C=O) groups excluding carboxylic acids is 4. The van der Waals surface area contributed by atoms with Crippen LogP contribution in [0.4, 0.5) is 4.79 Å². The molecule has 0 saturated carbocycles. The predicted octanol–water partition coefficient (Wildman–Crippen LogP) is 5.32. The van der Waals surface area contributed by atoms with Gasteiger partial charge in [-0.25, -0.2) is 9.78 Å². The van der Waals surface area contributed by atoms with E-state index in [9.17, 15) is 24.3 Å². The van der Waals surface area contributed by atoms with Crippen molar-refractivity contribution in [2.24, 2.45) is 23.7 Å². The molecule has 15 heteroatoms. The van der Waals surface area contributed by atoms with Crippen LogP contribution in [0.1, 0.15) is 93.9 Å². The summed E-state index contributed by atoms with van der Waals surface area (Å²) in [6, 6.07) is 2.75. The molecule has 0 aromatic carbocycles. The molecule has 0 bridgehead atoms. The lowest BCUT2D eigenvalue weighted by Crippen LogP contribution is -2.61. The standard InChI is InChI=1S/C44H67N5O10/c1-12-34-44(13-2)38(49(42(54)59-44)21-15-14-20-48-24-32(46-25-48)31-16-18-45-19-17-31)28(5)35(50)26(3)23-43(8,55-11)39(29(6)36(51)30(7)40(53)57-34)58-41-37(52)33(47(9)10)22-27(4)56-41/h16-19,24-30,33-34,37-39,41,52H,12-15,20-23H2,1-11H3/t26-,27-,28+,29+,30-,33+,34?,37-,38?,39-,41+,43+,44-/m1/s1. The largest absolute Gasteiger partial charge is 0.457 e. The average Bonchev–Trinajstić information content (AvgIpc) is 3.82. The molecule has 2 aromatic heterocycles. The molecule has 0 radical (unpaired) electrons. The normalized spacial score (nSPS) is 36.3. The first-order valence-electron chi connectivity index (χ1n) is 21.3. The number of fused-ring (bicyclic) bond motifs is 1. The molecule has 0 aliphatic carbocycles. The molecule has 3 fully saturated rings. The first kappa shape index (κ1) is 46.3. The molecule has 328 valence electrons. The molecule has 2 unspecified atom stereocenters. The molecule has 5 heterocycles. The van der Waals surface area contributed by atoms with Crippen molar-refractivity contribution >= 4 is 23.6 Å². The number of imidazole rings is 1. The van der Waals surface area contributed by atoms with E-state index in [4.69, 9.17) is 23.7 Å². The summed E-state index contributed by atoms with van der Waals surface area (Å²) in [6.45, 7) is 15.2. The van der Waals surface area contributed by atoms with Gasteiger partial charge >= 0.3 is 12.1 Å². The van der Waals surface area contributed by atoms with Crippen molar-refractivity contribution < 1.29 is 48.0 Å². The zero-order valence-corrected chi connectivity index (χ0v) is 36.8. The first-order chi connectivity index (χ1) is 27.9. The van der Waals surface area contributed by atoms with E-state index in [1.165, 1.54) is 14.0 Å². The van der Waals surface area contributed by atoms with Crippen molar-refractivity contribution in [3.05, 3.63) is 37.1 Å². The molecule has 59 heavy (non-hydrogen) atoms. The number of aromatic nitrogens is 3. The number of cyclic esters (lactones) is 1. The number of aliphatic hydroxyl groups excluding tert-OH is 1. The molecule has 3 saturated heterocycles. The summed E-state index contributed by atoms with van der Waals surface area (Å²) in [5.41, 5.74) is -0.822. The maximum atomic E-state index is 14.8. The third kappa shape index (κ3) is 9.59. The molecule has 2 aromatic rings. The van der Waals surface area contributed by atoms with Crippen molar-refractivity contribution in [2.45, 2.75) is 154 Å². The zero-order chi connectivity index (χ0) is 43.4. The number of rotatable bonds is 12. The number of aryl methyl sites for hydroxylation is 1. The third-order valence-electron chi connectivity index (χ3n) is 13.2. The number of hydrogen-bond donors (Lipinski definition) is 1. The number of amides is 1. The number of esters is 1. The number of methoxy groups -OCH3 is 1. The second kappa shape index (κ2) is 19.3. The van der Waals surface area contributed by atoms with Gasteiger partial charge in [-0.3, -0.25) is 19.4 Å². The van der Waals surface area contributed by atoms with Gasteiger partial charge in [0.25, 0.3) is 0 Å². The lowest BCUT2D eigenvalue weighted by Gasteiger charge is -2.47. The summed E-state index contributed by atoms with van der Waals surface area (Å²) in [4.78, 5) is 69.5. The Balaban J connectivity index is 1.46. The molecule has 5 rings (SSSR count). The SMILES string of the molecule is CCC1OC(=O)[C@H](C)C(=O)[C@H](C)[C@@H](O[C@@H]2O[C@H](C)C[C@H](N(C)C)[C@H]2O)[C@@](C)(OC)C[C@@H](C)C(=O)[C@H](C)C2N(CCCCn3cnc(-c4ccncc4)c3)C(=O)O[C@]12CC. The summed E-state index contributed by atoms with van der Waals surface area (Å²) in [6.07, 6.45) is 4.79. The summed E-state index contributed by atoms with van der Waals surface area (Å²) in [5.74, 6) is -4.92. The fourth-order valence-corrected chi connectivity index (χ4v) is 9.73. The maximum absolute atomic E-state index is 14.8. The molecular weight excluding hydrogens is 759 g/mol. The quantitative estimate of drug-likeness (QED) is 0.166. The van der Waals surface area contributed by atoms with Gasteiger partial charge in [0.1, 0.15) is 23.9 Å². The van der Waals surface area contributed by atoms with E-state index in [0.717, 1.165) is 11.3 Å². The van der Waals surface area contributed by atoms with E-state index in [1.807, 2.05) is 76.5 Å². The second-order valence-corrected chi connectivity index (χ2v) is 17.4. The van der Waals surface area contributed by atoms with Crippen LogP contribution >= 0.6 is 0 Å². The molecule has 15 nitrogen and oxygen atoms in total. The Kier molecular flexibility index (Phi) is 15.2. The van der Waals surface area contributed by atoms with E-state index in [0.29, 0.717) is 32.4 Å². The van der Waals surface area contributed by atoms with Crippen molar-refractivity contribution in [2.75, 3.05) is 27.7 Å². The van der Waals surface area contributed by atoms with Crippen LogP contribution in [-0.2, 0) is 44.6 Å². The number of likely N-dealkylation sites (N-methyl/N-ethyl adjacent to an activating group) is 1. The van der Waals surface area contributed by atoms with Gasteiger partial charge in [-0.15, -0.1) is 0 Å². The van der Waals surface area contributed by atoms with E-state index in [2.05, 4.69) is 9.97 Å². The second-order valence-electron chi connectivity index (χ2n) is 17.4. The number of hydrogen-bond acceptors (Lipinski definition) is 13. The number of ketones is 2. The predicted molar refractivity (Wildman–Crippen MR) is 219 cm³/mol. The Morgan fingerprint density at radius 2 is 1.66 bits per heavy atom. The maximum Gasteiger partial charge on any atom is 0.410 e. The van der Waals surface area contributed by atoms with Crippen LogP contribution < -0.4 is 0 Å². The highest BCUT2D eigenvalue weighted by Crippen LogP contribution is 2.45. The average molecular weight is 826 g/mol. The molecule has 3 aliphatic rings. The smallest absolute Gasteiger partial charge is 0.410 e. The Bertz CT molecular complexity index is 1760. The van der Waals surface area contributed by atoms with Crippen LogP contribution in [0.5, 0.6) is 0 Å². The number of Topliss-reactive ketones (excluding diaryl/α,β-unsaturated/α-hetero) is 2. The van der Waals surface area contributed by atoms with Gasteiger partial charge in [0, 0.05) is 68.1 Å². The number of ether oxygens (including phenoxy) is 5. The number of nitrogens with zero attached hydrogens (tertiary/aromatic N) is 5. The fraction of sp³-hybridized carbons (Fsp3) is 0.727. The monoisotopic (exact) mass is 825 g/mol. The minimum absolute atomic E-state index is 0.132. The van der Waals surface area contributed by atoms with Gasteiger partial charge in [-0.05, 0) is 85.5 Å². The molecule has 1 N–H and O–H groups in total. The fourth-order valence-electron chi connectivity index (χ4n) is 9.73. The molecule has 3 aliphatic heterocycles. The van der Waals surface area contributed by atoms with Crippen LogP contribution in [-0.4, -0.2) is 135 Å². The van der Waals surface area contributed by atoms with Crippen LogP contribution in [0.3, 0.4) is 0 Å². The Hall–Kier alpha value is -3.76. The van der Waals surface area contributed by atoms with Crippen molar-refractivity contribution in [3.63, 3.8) is 0 Å². The van der Waals surface area contributed by atoms with Gasteiger partial charge in [-0.1, -0.05) is 34.6 Å².